The van der Waals surface area contributed by atoms with Gasteiger partial charge in [0, 0.05) is 26.6 Å². The van der Waals surface area contributed by atoms with Gasteiger partial charge in [-0.25, -0.2) is 9.59 Å². The Hall–Kier alpha value is -3.62. The number of aromatic nitrogens is 1. The van der Waals surface area contributed by atoms with Gasteiger partial charge in [0.25, 0.3) is 0 Å². The van der Waals surface area contributed by atoms with Crippen LogP contribution in [0.25, 0.3) is 11.1 Å². The van der Waals surface area contributed by atoms with Gasteiger partial charge in [-0.1, -0.05) is 17.9 Å². The molecule has 2 saturated heterocycles. The summed E-state index contributed by atoms with van der Waals surface area (Å²) in [6.45, 7) is 9.19. The molecule has 0 bridgehead atoms. The molecule has 36 heavy (non-hydrogen) atoms. The molecule has 194 valence electrons. The largest absolute Gasteiger partial charge is 0.444 e. The van der Waals surface area contributed by atoms with Crippen LogP contribution in [0.4, 0.5) is 4.79 Å². The number of fused-ring (bicyclic) bond motifs is 1. The quantitative estimate of drug-likeness (QED) is 0.467. The Morgan fingerprint density at radius 1 is 1.22 bits per heavy atom. The third-order valence-corrected chi connectivity index (χ3v) is 5.39. The summed E-state index contributed by atoms with van der Waals surface area (Å²) in [7, 11) is 1.54. The predicted molar refractivity (Wildman–Crippen MR) is 131 cm³/mol. The van der Waals surface area contributed by atoms with Crippen molar-refractivity contribution >= 4 is 29.0 Å². The second-order valence-electron chi connectivity index (χ2n) is 9.30. The molecule has 2 aromatic rings. The SMILES string of the molecule is CNC(=O)OC(C)(C)C.O=C1CCC(n2c(=O)oc3c(C#CCN4CCOCC4)cccc32)C(=O)N1. The lowest BCUT2D eigenvalue weighted by molar-refractivity contribution is -0.135. The van der Waals surface area contributed by atoms with E-state index < -0.39 is 17.7 Å². The average molecular weight is 501 g/mol. The first-order chi connectivity index (χ1) is 17.1. The lowest BCUT2D eigenvalue weighted by atomic mass is 10.1. The minimum Gasteiger partial charge on any atom is -0.444 e. The number of imide groups is 1. The van der Waals surface area contributed by atoms with E-state index in [4.69, 9.17) is 13.9 Å². The van der Waals surface area contributed by atoms with Crippen LogP contribution >= 0.6 is 0 Å². The molecule has 1 aromatic heterocycles. The number of carbonyl (C=O) groups is 3. The molecule has 1 unspecified atom stereocenters. The molecule has 4 rings (SSSR count). The number of carbonyl (C=O) groups excluding carboxylic acids is 3. The van der Waals surface area contributed by atoms with Gasteiger partial charge in [-0.05, 0) is 39.3 Å². The molecule has 0 aliphatic carbocycles. The summed E-state index contributed by atoms with van der Waals surface area (Å²) in [5.41, 5.74) is 1.08. The van der Waals surface area contributed by atoms with Crippen LogP contribution in [0.3, 0.4) is 0 Å². The first-order valence-corrected chi connectivity index (χ1v) is 11.8. The monoisotopic (exact) mass is 500 g/mol. The van der Waals surface area contributed by atoms with Crippen LogP contribution in [0.15, 0.2) is 27.4 Å². The van der Waals surface area contributed by atoms with Gasteiger partial charge < -0.3 is 19.2 Å². The molecule has 1 aromatic carbocycles. The second-order valence-corrected chi connectivity index (χ2v) is 9.30. The highest BCUT2D eigenvalue weighted by atomic mass is 16.6. The molecule has 11 heteroatoms. The van der Waals surface area contributed by atoms with E-state index in [2.05, 4.69) is 27.4 Å². The van der Waals surface area contributed by atoms with Crippen LogP contribution in [-0.4, -0.2) is 72.9 Å². The number of ether oxygens (including phenoxy) is 2. The summed E-state index contributed by atoms with van der Waals surface area (Å²) >= 11 is 0. The van der Waals surface area contributed by atoms with Crippen molar-refractivity contribution in [3.63, 3.8) is 0 Å². The molecule has 0 saturated carbocycles. The fraction of sp³-hybridized carbons (Fsp3) is 0.520. The Balaban J connectivity index is 0.000000345. The Labute approximate surface area is 209 Å². The fourth-order valence-electron chi connectivity index (χ4n) is 3.71. The first-order valence-electron chi connectivity index (χ1n) is 11.8. The van der Waals surface area contributed by atoms with Crippen molar-refractivity contribution in [1.82, 2.24) is 20.1 Å². The third-order valence-electron chi connectivity index (χ3n) is 5.39. The minimum atomic E-state index is -0.756. The second kappa shape index (κ2) is 11.9. The predicted octanol–water partition coefficient (Wildman–Crippen LogP) is 1.40. The normalized spacial score (nSPS) is 18.4. The van der Waals surface area contributed by atoms with E-state index in [9.17, 15) is 19.2 Å². The first kappa shape index (κ1) is 27.0. The average Bonchev–Trinajstić information content (AvgIpc) is 3.16. The van der Waals surface area contributed by atoms with Gasteiger partial charge in [0.1, 0.15) is 11.6 Å². The zero-order valence-electron chi connectivity index (χ0n) is 21.0. The maximum absolute atomic E-state index is 12.4. The van der Waals surface area contributed by atoms with E-state index in [1.54, 1.807) is 18.2 Å². The number of para-hydroxylation sites is 1. The Morgan fingerprint density at radius 3 is 2.56 bits per heavy atom. The highest BCUT2D eigenvalue weighted by molar-refractivity contribution is 6.00. The number of amides is 3. The molecule has 3 amide bonds. The Bertz CT molecular complexity index is 1220. The number of rotatable bonds is 2. The zero-order valence-corrected chi connectivity index (χ0v) is 21.0. The summed E-state index contributed by atoms with van der Waals surface area (Å²) in [6, 6.07) is 4.52. The van der Waals surface area contributed by atoms with E-state index in [0.29, 0.717) is 36.4 Å². The van der Waals surface area contributed by atoms with E-state index in [1.807, 2.05) is 20.8 Å². The number of benzene rings is 1. The number of hydrogen-bond donors (Lipinski definition) is 2. The number of oxazole rings is 1. The smallest absolute Gasteiger partial charge is 0.420 e. The van der Waals surface area contributed by atoms with Gasteiger partial charge in [0.15, 0.2) is 5.58 Å². The lowest BCUT2D eigenvalue weighted by Gasteiger charge is -2.24. The van der Waals surface area contributed by atoms with Crippen LogP contribution in [0, 0.1) is 11.8 Å². The molecule has 2 fully saturated rings. The maximum Gasteiger partial charge on any atom is 0.420 e. The van der Waals surface area contributed by atoms with Crippen molar-refractivity contribution in [3.05, 3.63) is 34.3 Å². The highest BCUT2D eigenvalue weighted by Gasteiger charge is 2.31. The number of nitrogens with zero attached hydrogens (tertiary/aromatic N) is 2. The molecule has 0 radical (unpaired) electrons. The molecular weight excluding hydrogens is 468 g/mol. The van der Waals surface area contributed by atoms with Crippen LogP contribution < -0.4 is 16.4 Å². The van der Waals surface area contributed by atoms with Crippen molar-refractivity contribution in [1.29, 1.82) is 0 Å². The van der Waals surface area contributed by atoms with Gasteiger partial charge in [-0.2, -0.15) is 0 Å². The topological polar surface area (TPSA) is 132 Å². The Kier molecular flexibility index (Phi) is 8.90. The van der Waals surface area contributed by atoms with Crippen molar-refractivity contribution in [2.75, 3.05) is 39.9 Å². The zero-order chi connectivity index (χ0) is 26.3. The van der Waals surface area contributed by atoms with Gasteiger partial charge in [0.05, 0.1) is 30.8 Å². The van der Waals surface area contributed by atoms with Crippen LogP contribution in [0.1, 0.15) is 45.2 Å². The summed E-state index contributed by atoms with van der Waals surface area (Å²) in [4.78, 5) is 48.6. The van der Waals surface area contributed by atoms with Gasteiger partial charge >= 0.3 is 11.8 Å². The molecular formula is C25H32N4O7. The van der Waals surface area contributed by atoms with Crippen LogP contribution in [-0.2, 0) is 19.1 Å². The number of piperidine rings is 1. The molecule has 2 aliphatic rings. The molecule has 11 nitrogen and oxygen atoms in total. The number of alkyl carbamates (subject to hydrolysis) is 1. The van der Waals surface area contributed by atoms with E-state index >= 15 is 0 Å². The van der Waals surface area contributed by atoms with Gasteiger partial charge in [0.2, 0.25) is 11.8 Å². The standard InChI is InChI=1S/C19H19N3O5.C6H13NO2/c23-16-7-6-15(18(24)20-16)22-14-5-1-3-13(17(14)27-19(22)25)4-2-8-21-9-11-26-12-10-21;1-6(2,3)9-5(8)7-4/h1,3,5,15H,6-12H2,(H,20,23,24);1-4H3,(H,7,8). The molecule has 3 heterocycles. The van der Waals surface area contributed by atoms with Crippen molar-refractivity contribution in [3.8, 4) is 11.8 Å². The van der Waals surface area contributed by atoms with Crippen LogP contribution in [0.2, 0.25) is 0 Å². The number of nitrogens with one attached hydrogen (secondary N) is 2. The maximum atomic E-state index is 12.4. The summed E-state index contributed by atoms with van der Waals surface area (Å²) in [6.07, 6.45) is 0.0725. The fourth-order valence-corrected chi connectivity index (χ4v) is 3.71. The number of morpholine rings is 1. The molecule has 2 aliphatic heterocycles. The summed E-state index contributed by atoms with van der Waals surface area (Å²) < 4.78 is 16.9. The molecule has 1 atom stereocenters. The minimum absolute atomic E-state index is 0.189. The number of hydrogen-bond acceptors (Lipinski definition) is 8. The van der Waals surface area contributed by atoms with Crippen molar-refractivity contribution in [2.24, 2.45) is 0 Å². The van der Waals surface area contributed by atoms with Gasteiger partial charge in [-0.3, -0.25) is 24.4 Å². The van der Waals surface area contributed by atoms with Crippen molar-refractivity contribution < 1.29 is 28.3 Å². The van der Waals surface area contributed by atoms with E-state index in [-0.39, 0.29) is 30.4 Å². The summed E-state index contributed by atoms with van der Waals surface area (Å²) in [5.74, 6) is 4.74. The van der Waals surface area contributed by atoms with E-state index in [1.165, 1.54) is 11.6 Å². The molecule has 2 N–H and O–H groups in total. The Morgan fingerprint density at radius 2 is 1.94 bits per heavy atom. The van der Waals surface area contributed by atoms with Gasteiger partial charge in [-0.15, -0.1) is 0 Å². The molecule has 0 spiro atoms. The third kappa shape index (κ3) is 7.19. The van der Waals surface area contributed by atoms with Crippen LogP contribution in [0.5, 0.6) is 0 Å². The lowest BCUT2D eigenvalue weighted by Crippen LogP contribution is -2.43. The highest BCUT2D eigenvalue weighted by Crippen LogP contribution is 2.24. The van der Waals surface area contributed by atoms with E-state index in [0.717, 1.165) is 13.1 Å². The summed E-state index contributed by atoms with van der Waals surface area (Å²) in [5, 5.41) is 4.63. The van der Waals surface area contributed by atoms with Crippen molar-refractivity contribution in [2.45, 2.75) is 45.3 Å².